The van der Waals surface area contributed by atoms with Gasteiger partial charge in [0.1, 0.15) is 5.75 Å². The van der Waals surface area contributed by atoms with E-state index in [1.54, 1.807) is 18.2 Å². The van der Waals surface area contributed by atoms with Gasteiger partial charge in [-0.2, -0.15) is 0 Å². The molecule has 0 radical (unpaired) electrons. The molecule has 0 unspecified atom stereocenters. The molecule has 0 N–H and O–H groups in total. The normalized spacial score (nSPS) is 11.1. The maximum Gasteiger partial charge on any atom is 0.336 e. The van der Waals surface area contributed by atoms with E-state index in [0.29, 0.717) is 5.75 Å². The van der Waals surface area contributed by atoms with Crippen LogP contribution in [0.2, 0.25) is 0 Å². The van der Waals surface area contributed by atoms with Crippen molar-refractivity contribution in [3.8, 4) is 16.9 Å². The van der Waals surface area contributed by atoms with Crippen molar-refractivity contribution in [2.24, 2.45) is 0 Å². The molecule has 2 rings (SSSR count). The van der Waals surface area contributed by atoms with Gasteiger partial charge in [-0.1, -0.05) is 67.6 Å². The van der Waals surface area contributed by atoms with E-state index in [0.717, 1.165) is 17.5 Å². The molecule has 2 aromatic rings. The number of esters is 1. The van der Waals surface area contributed by atoms with Crippen molar-refractivity contribution in [2.45, 2.75) is 13.3 Å². The average Bonchev–Trinajstić information content (AvgIpc) is 2.53. The molecule has 0 saturated carbocycles. The zero-order valence-corrected chi connectivity index (χ0v) is 12.0. The number of hydrogen-bond acceptors (Lipinski definition) is 2. The highest BCUT2D eigenvalue weighted by atomic mass is 16.5. The summed E-state index contributed by atoms with van der Waals surface area (Å²) in [4.78, 5) is 11.6. The van der Waals surface area contributed by atoms with Crippen molar-refractivity contribution in [3.05, 3.63) is 78.9 Å². The fourth-order valence-electron chi connectivity index (χ4n) is 1.84. The molecular formula is C19H18O2. The van der Waals surface area contributed by atoms with E-state index >= 15 is 0 Å². The molecule has 0 saturated heterocycles. The Morgan fingerprint density at radius 2 is 1.62 bits per heavy atom. The number of allylic oxidation sites excluding steroid dienone is 3. The summed E-state index contributed by atoms with van der Waals surface area (Å²) in [6.07, 6.45) is 7.85. The maximum atomic E-state index is 11.6. The van der Waals surface area contributed by atoms with E-state index in [4.69, 9.17) is 4.74 Å². The second-order valence-corrected chi connectivity index (χ2v) is 4.51. The van der Waals surface area contributed by atoms with Crippen LogP contribution in [-0.4, -0.2) is 5.97 Å². The minimum atomic E-state index is -0.372. The molecule has 0 aliphatic carbocycles. The summed E-state index contributed by atoms with van der Waals surface area (Å²) in [5, 5.41) is 0. The Morgan fingerprint density at radius 1 is 0.952 bits per heavy atom. The van der Waals surface area contributed by atoms with Crippen LogP contribution < -0.4 is 4.74 Å². The highest BCUT2D eigenvalue weighted by Crippen LogP contribution is 2.22. The first-order valence-corrected chi connectivity index (χ1v) is 7.00. The number of carbonyl (C=O) groups is 1. The summed E-state index contributed by atoms with van der Waals surface area (Å²) in [6, 6.07) is 17.6. The Hall–Kier alpha value is -2.61. The predicted molar refractivity (Wildman–Crippen MR) is 86.1 cm³/mol. The van der Waals surface area contributed by atoms with Gasteiger partial charge in [0.15, 0.2) is 0 Å². The third-order valence-corrected chi connectivity index (χ3v) is 2.90. The summed E-state index contributed by atoms with van der Waals surface area (Å²) in [5.41, 5.74) is 2.23. The molecule has 0 heterocycles. The van der Waals surface area contributed by atoms with Crippen LogP contribution in [0.1, 0.15) is 13.3 Å². The van der Waals surface area contributed by atoms with Crippen LogP contribution in [-0.2, 0) is 4.79 Å². The van der Waals surface area contributed by atoms with Gasteiger partial charge in [-0.25, -0.2) is 4.79 Å². The molecule has 0 aromatic heterocycles. The standard InChI is InChI=1S/C19H18O2/c1-2-3-4-8-11-19(20)21-18-14-12-17(13-15-18)16-9-6-5-7-10-16/h3-15H,2H2,1H3/b4-3+,11-8+. The Bertz CT molecular complexity index is 622. The lowest BCUT2D eigenvalue weighted by molar-refractivity contribution is -0.128. The van der Waals surface area contributed by atoms with E-state index in [-0.39, 0.29) is 5.97 Å². The predicted octanol–water partition coefficient (Wildman–Crippen LogP) is 4.78. The van der Waals surface area contributed by atoms with Gasteiger partial charge >= 0.3 is 5.97 Å². The molecule has 2 heteroatoms. The molecule has 0 amide bonds. The van der Waals surface area contributed by atoms with Gasteiger partial charge in [0, 0.05) is 6.08 Å². The lowest BCUT2D eigenvalue weighted by atomic mass is 10.1. The van der Waals surface area contributed by atoms with Gasteiger partial charge in [-0.05, 0) is 29.7 Å². The average molecular weight is 278 g/mol. The van der Waals surface area contributed by atoms with Crippen molar-refractivity contribution in [1.82, 2.24) is 0 Å². The van der Waals surface area contributed by atoms with Gasteiger partial charge in [0.25, 0.3) is 0 Å². The zero-order valence-electron chi connectivity index (χ0n) is 12.0. The molecule has 0 atom stereocenters. The largest absolute Gasteiger partial charge is 0.423 e. The Kier molecular flexibility index (Phi) is 5.53. The third kappa shape index (κ3) is 4.77. The highest BCUT2D eigenvalue weighted by molar-refractivity contribution is 5.84. The van der Waals surface area contributed by atoms with E-state index in [1.807, 2.05) is 61.5 Å². The van der Waals surface area contributed by atoms with Crippen LogP contribution in [0.5, 0.6) is 5.75 Å². The lowest BCUT2D eigenvalue weighted by Crippen LogP contribution is -2.03. The van der Waals surface area contributed by atoms with Gasteiger partial charge in [-0.15, -0.1) is 0 Å². The quantitative estimate of drug-likeness (QED) is 0.340. The Balaban J connectivity index is 1.98. The number of ether oxygens (including phenoxy) is 1. The Morgan fingerprint density at radius 3 is 2.29 bits per heavy atom. The second-order valence-electron chi connectivity index (χ2n) is 4.51. The highest BCUT2D eigenvalue weighted by Gasteiger charge is 2.01. The van der Waals surface area contributed by atoms with Crippen LogP contribution in [0.15, 0.2) is 78.9 Å². The van der Waals surface area contributed by atoms with Crippen LogP contribution in [0.25, 0.3) is 11.1 Å². The first-order valence-electron chi connectivity index (χ1n) is 7.00. The molecule has 0 spiro atoms. The molecule has 2 nitrogen and oxygen atoms in total. The fraction of sp³-hybridized carbons (Fsp3) is 0.105. The number of carbonyl (C=O) groups excluding carboxylic acids is 1. The van der Waals surface area contributed by atoms with Crippen LogP contribution in [0.4, 0.5) is 0 Å². The monoisotopic (exact) mass is 278 g/mol. The molecule has 21 heavy (non-hydrogen) atoms. The summed E-state index contributed by atoms with van der Waals surface area (Å²) >= 11 is 0. The molecule has 2 aromatic carbocycles. The molecule has 0 aliphatic heterocycles. The van der Waals surface area contributed by atoms with Gasteiger partial charge in [0.2, 0.25) is 0 Å². The van der Waals surface area contributed by atoms with Gasteiger partial charge < -0.3 is 4.74 Å². The number of rotatable bonds is 5. The maximum absolute atomic E-state index is 11.6. The zero-order chi connectivity index (χ0) is 14.9. The third-order valence-electron chi connectivity index (χ3n) is 2.90. The molecule has 0 bridgehead atoms. The van der Waals surface area contributed by atoms with E-state index in [9.17, 15) is 4.79 Å². The Labute approximate surface area is 125 Å². The van der Waals surface area contributed by atoms with E-state index in [1.165, 1.54) is 6.08 Å². The molecule has 0 fully saturated rings. The van der Waals surface area contributed by atoms with Crippen molar-refractivity contribution in [2.75, 3.05) is 0 Å². The van der Waals surface area contributed by atoms with Gasteiger partial charge in [0.05, 0.1) is 0 Å². The second kappa shape index (κ2) is 7.85. The minimum Gasteiger partial charge on any atom is -0.423 e. The van der Waals surface area contributed by atoms with Crippen molar-refractivity contribution >= 4 is 5.97 Å². The number of benzene rings is 2. The summed E-state index contributed by atoms with van der Waals surface area (Å²) in [5.74, 6) is 0.173. The molecule has 106 valence electrons. The summed E-state index contributed by atoms with van der Waals surface area (Å²) < 4.78 is 5.23. The van der Waals surface area contributed by atoms with Crippen molar-refractivity contribution < 1.29 is 9.53 Å². The fourth-order valence-corrected chi connectivity index (χ4v) is 1.84. The topological polar surface area (TPSA) is 26.3 Å². The van der Waals surface area contributed by atoms with Crippen LogP contribution in [0, 0.1) is 0 Å². The van der Waals surface area contributed by atoms with E-state index < -0.39 is 0 Å². The van der Waals surface area contributed by atoms with E-state index in [2.05, 4.69) is 0 Å². The molecular weight excluding hydrogens is 260 g/mol. The first kappa shape index (κ1) is 14.8. The summed E-state index contributed by atoms with van der Waals surface area (Å²) in [6.45, 7) is 2.04. The van der Waals surface area contributed by atoms with Crippen LogP contribution >= 0.6 is 0 Å². The minimum absolute atomic E-state index is 0.372. The first-order chi connectivity index (χ1) is 10.3. The van der Waals surface area contributed by atoms with Crippen molar-refractivity contribution in [3.63, 3.8) is 0 Å². The molecule has 0 aliphatic rings. The van der Waals surface area contributed by atoms with Gasteiger partial charge in [-0.3, -0.25) is 0 Å². The lowest BCUT2D eigenvalue weighted by Gasteiger charge is -2.04. The SMILES string of the molecule is CC/C=C/C=C/C(=O)Oc1ccc(-c2ccccc2)cc1. The van der Waals surface area contributed by atoms with Crippen molar-refractivity contribution in [1.29, 1.82) is 0 Å². The smallest absolute Gasteiger partial charge is 0.336 e. The summed E-state index contributed by atoms with van der Waals surface area (Å²) in [7, 11) is 0. The van der Waals surface area contributed by atoms with Crippen LogP contribution in [0.3, 0.4) is 0 Å². The number of hydrogen-bond donors (Lipinski definition) is 0.